The van der Waals surface area contributed by atoms with Crippen molar-refractivity contribution in [3.05, 3.63) is 66.2 Å². The number of benzene rings is 2. The number of nitrogens with zero attached hydrogens (tertiary/aromatic N) is 1. The molecule has 0 aromatic heterocycles. The predicted octanol–water partition coefficient (Wildman–Crippen LogP) is 2.62. The van der Waals surface area contributed by atoms with Crippen LogP contribution >= 0.6 is 0 Å². The maximum absolute atomic E-state index is 11.3. The van der Waals surface area contributed by atoms with Gasteiger partial charge in [0.1, 0.15) is 5.75 Å². The Morgan fingerprint density at radius 1 is 1.14 bits per heavy atom. The van der Waals surface area contributed by atoms with Crippen LogP contribution in [0.3, 0.4) is 0 Å². The van der Waals surface area contributed by atoms with E-state index in [1.54, 1.807) is 0 Å². The van der Waals surface area contributed by atoms with E-state index in [1.165, 1.54) is 12.5 Å². The Labute approximate surface area is 130 Å². The van der Waals surface area contributed by atoms with Crippen molar-refractivity contribution >= 4 is 5.91 Å². The first-order chi connectivity index (χ1) is 10.7. The third kappa shape index (κ3) is 3.46. The minimum absolute atomic E-state index is 0.0696. The number of nitrogens with one attached hydrogen (secondary N) is 1. The van der Waals surface area contributed by atoms with E-state index in [-0.39, 0.29) is 12.1 Å². The molecule has 2 aromatic carbocycles. The summed E-state index contributed by atoms with van der Waals surface area (Å²) in [6.07, 6.45) is 0.806. The van der Waals surface area contributed by atoms with Gasteiger partial charge in [0.05, 0.1) is 0 Å². The summed E-state index contributed by atoms with van der Waals surface area (Å²) in [5, 5.41) is 1.86. The van der Waals surface area contributed by atoms with Crippen molar-refractivity contribution < 1.29 is 9.53 Å². The highest BCUT2D eigenvalue weighted by molar-refractivity contribution is 5.72. The summed E-state index contributed by atoms with van der Waals surface area (Å²) in [4.78, 5) is 11.3. The second kappa shape index (κ2) is 6.62. The average Bonchev–Trinajstić information content (AvgIpc) is 2.53. The molecule has 2 aromatic rings. The van der Waals surface area contributed by atoms with Gasteiger partial charge >= 0.3 is 0 Å². The lowest BCUT2D eigenvalue weighted by molar-refractivity contribution is -0.158. The van der Waals surface area contributed by atoms with E-state index in [9.17, 15) is 4.79 Å². The number of para-hydroxylation sites is 1. The predicted molar refractivity (Wildman–Crippen MR) is 85.0 cm³/mol. The summed E-state index contributed by atoms with van der Waals surface area (Å²) in [6.45, 7) is 2.32. The molecule has 4 heteroatoms. The lowest BCUT2D eigenvalue weighted by atomic mass is 9.91. The van der Waals surface area contributed by atoms with Crippen LogP contribution in [0.2, 0.25) is 0 Å². The highest BCUT2D eigenvalue weighted by Gasteiger charge is 2.41. The lowest BCUT2D eigenvalue weighted by Gasteiger charge is -2.46. The molecule has 1 saturated heterocycles. The molecule has 2 unspecified atom stereocenters. The van der Waals surface area contributed by atoms with Gasteiger partial charge in [-0.25, -0.2) is 0 Å². The van der Waals surface area contributed by atoms with Gasteiger partial charge in [0.25, 0.3) is 0 Å². The summed E-state index contributed by atoms with van der Waals surface area (Å²) in [6, 6.07) is 20.1. The Hall–Kier alpha value is -2.33. The second-order valence-electron chi connectivity index (χ2n) is 5.59. The smallest absolute Gasteiger partial charge is 0.231 e. The summed E-state index contributed by atoms with van der Waals surface area (Å²) < 4.78 is 6.06. The molecule has 22 heavy (non-hydrogen) atoms. The molecule has 4 nitrogen and oxygen atoms in total. The van der Waals surface area contributed by atoms with E-state index in [2.05, 4.69) is 17.6 Å². The standard InChI is InChI=1S/C18H20N2O2/c1-14(21)19-20-13-16(12-15-8-4-2-5-9-15)18(20)22-17-10-6-3-7-11-17/h2-11,16,18H,12-13H2,1H3,(H,19,21). The van der Waals surface area contributed by atoms with E-state index in [1.807, 2.05) is 53.5 Å². The number of hydrazine groups is 1. The number of carbonyl (C=O) groups is 1. The van der Waals surface area contributed by atoms with Gasteiger partial charge in [0.2, 0.25) is 5.91 Å². The van der Waals surface area contributed by atoms with E-state index in [0.717, 1.165) is 18.7 Å². The topological polar surface area (TPSA) is 41.6 Å². The maximum Gasteiger partial charge on any atom is 0.231 e. The molecule has 2 atom stereocenters. The van der Waals surface area contributed by atoms with Crippen LogP contribution in [-0.4, -0.2) is 23.7 Å². The first-order valence-corrected chi connectivity index (χ1v) is 7.52. The van der Waals surface area contributed by atoms with Gasteiger partial charge in [-0.1, -0.05) is 48.5 Å². The molecule has 1 heterocycles. The fraction of sp³-hybridized carbons (Fsp3) is 0.278. The lowest BCUT2D eigenvalue weighted by Crippen LogP contribution is -2.65. The SMILES string of the molecule is CC(=O)NN1CC(Cc2ccccc2)C1Oc1ccccc1. The van der Waals surface area contributed by atoms with Crippen molar-refractivity contribution in [1.82, 2.24) is 10.4 Å². The molecule has 1 aliphatic heterocycles. The minimum Gasteiger partial charge on any atom is -0.473 e. The van der Waals surface area contributed by atoms with Gasteiger partial charge in [-0.05, 0) is 24.1 Å². The molecule has 1 N–H and O–H groups in total. The van der Waals surface area contributed by atoms with E-state index < -0.39 is 0 Å². The largest absolute Gasteiger partial charge is 0.473 e. The van der Waals surface area contributed by atoms with Crippen molar-refractivity contribution in [1.29, 1.82) is 0 Å². The fourth-order valence-electron chi connectivity index (χ4n) is 2.76. The zero-order valence-electron chi connectivity index (χ0n) is 12.6. The number of amides is 1. The number of ether oxygens (including phenoxy) is 1. The summed E-state index contributed by atoms with van der Waals surface area (Å²) >= 11 is 0. The van der Waals surface area contributed by atoms with Crippen LogP contribution in [0.4, 0.5) is 0 Å². The van der Waals surface area contributed by atoms with Gasteiger partial charge in [0, 0.05) is 19.4 Å². The third-order valence-electron chi connectivity index (χ3n) is 3.78. The van der Waals surface area contributed by atoms with Crippen molar-refractivity contribution in [2.45, 2.75) is 19.6 Å². The van der Waals surface area contributed by atoms with Crippen LogP contribution in [0.15, 0.2) is 60.7 Å². The van der Waals surface area contributed by atoms with Crippen LogP contribution in [-0.2, 0) is 11.2 Å². The number of rotatable bonds is 5. The number of carbonyl (C=O) groups excluding carboxylic acids is 1. The minimum atomic E-state index is -0.133. The Kier molecular flexibility index (Phi) is 4.39. The van der Waals surface area contributed by atoms with E-state index >= 15 is 0 Å². The van der Waals surface area contributed by atoms with E-state index in [0.29, 0.717) is 5.92 Å². The van der Waals surface area contributed by atoms with Crippen molar-refractivity contribution in [3.8, 4) is 5.75 Å². The molecule has 0 bridgehead atoms. The fourth-order valence-corrected chi connectivity index (χ4v) is 2.76. The zero-order valence-corrected chi connectivity index (χ0v) is 12.6. The van der Waals surface area contributed by atoms with Crippen molar-refractivity contribution in [2.75, 3.05) is 6.54 Å². The molecule has 3 rings (SSSR count). The van der Waals surface area contributed by atoms with Gasteiger partial charge < -0.3 is 4.74 Å². The molecule has 1 aliphatic rings. The highest BCUT2D eigenvalue weighted by atomic mass is 16.5. The molecular formula is C18H20N2O2. The van der Waals surface area contributed by atoms with Crippen LogP contribution in [0.25, 0.3) is 0 Å². The molecule has 1 amide bonds. The summed E-state index contributed by atoms with van der Waals surface area (Å²) in [5.41, 5.74) is 4.12. The number of hydrogen-bond donors (Lipinski definition) is 1. The molecular weight excluding hydrogens is 276 g/mol. The Balaban J connectivity index is 1.69. The van der Waals surface area contributed by atoms with Gasteiger partial charge in [-0.3, -0.25) is 10.2 Å². The third-order valence-corrected chi connectivity index (χ3v) is 3.78. The maximum atomic E-state index is 11.3. The average molecular weight is 296 g/mol. The zero-order chi connectivity index (χ0) is 15.4. The highest BCUT2D eigenvalue weighted by Crippen LogP contribution is 2.29. The first-order valence-electron chi connectivity index (χ1n) is 7.52. The Bertz CT molecular complexity index is 615. The molecule has 114 valence electrons. The monoisotopic (exact) mass is 296 g/mol. The molecule has 1 fully saturated rings. The van der Waals surface area contributed by atoms with Crippen LogP contribution in [0.5, 0.6) is 5.75 Å². The quantitative estimate of drug-likeness (QED) is 0.922. The van der Waals surface area contributed by atoms with Crippen LogP contribution in [0, 0.1) is 5.92 Å². The van der Waals surface area contributed by atoms with Crippen molar-refractivity contribution in [2.24, 2.45) is 5.92 Å². The molecule has 0 radical (unpaired) electrons. The van der Waals surface area contributed by atoms with Gasteiger partial charge in [0.15, 0.2) is 6.23 Å². The first kappa shape index (κ1) is 14.6. The molecule has 0 spiro atoms. The van der Waals surface area contributed by atoms with Crippen LogP contribution < -0.4 is 10.2 Å². The van der Waals surface area contributed by atoms with Gasteiger partial charge in [-0.2, -0.15) is 5.01 Å². The van der Waals surface area contributed by atoms with Gasteiger partial charge in [-0.15, -0.1) is 0 Å². The summed E-state index contributed by atoms with van der Waals surface area (Å²) in [5.74, 6) is 1.11. The van der Waals surface area contributed by atoms with Crippen molar-refractivity contribution in [3.63, 3.8) is 0 Å². The number of hydrogen-bond acceptors (Lipinski definition) is 3. The Morgan fingerprint density at radius 2 is 1.77 bits per heavy atom. The second-order valence-corrected chi connectivity index (χ2v) is 5.59. The molecule has 0 aliphatic carbocycles. The molecule has 0 saturated carbocycles. The van der Waals surface area contributed by atoms with E-state index in [4.69, 9.17) is 4.74 Å². The Morgan fingerprint density at radius 3 is 2.41 bits per heavy atom. The normalized spacial score (nSPS) is 21.0. The summed E-state index contributed by atoms with van der Waals surface area (Å²) in [7, 11) is 0. The van der Waals surface area contributed by atoms with Crippen LogP contribution in [0.1, 0.15) is 12.5 Å².